The molecule has 1 atom stereocenters. The maximum atomic E-state index is 12.8. The number of nitrogens with zero attached hydrogens (tertiary/aromatic N) is 2. The van der Waals surface area contributed by atoms with E-state index in [1.807, 2.05) is 27.7 Å². The van der Waals surface area contributed by atoms with Crippen LogP contribution in [0.2, 0.25) is 0 Å². The van der Waals surface area contributed by atoms with Crippen molar-refractivity contribution in [2.24, 2.45) is 5.92 Å². The Morgan fingerprint density at radius 3 is 2.48 bits per heavy atom. The molecule has 1 fully saturated rings. The largest absolute Gasteiger partial charge is 0.466 e. The standard InChI is InChI=1S/C21H32N2O4/c1-5-26-19(24)14-11-12-17-16(13-14)18(20(25)27-21(2,3)4)22-23(17)15-9-7-6-8-10-15/h14-15H,5-13H2,1-4H3. The maximum Gasteiger partial charge on any atom is 0.359 e. The van der Waals surface area contributed by atoms with Crippen LogP contribution in [-0.4, -0.2) is 33.9 Å². The summed E-state index contributed by atoms with van der Waals surface area (Å²) in [7, 11) is 0. The Morgan fingerprint density at radius 1 is 1.15 bits per heavy atom. The van der Waals surface area contributed by atoms with Gasteiger partial charge in [-0.05, 0) is 59.8 Å². The molecule has 6 nitrogen and oxygen atoms in total. The van der Waals surface area contributed by atoms with Gasteiger partial charge >= 0.3 is 11.9 Å². The molecule has 0 spiro atoms. The lowest BCUT2D eigenvalue weighted by molar-refractivity contribution is -0.148. The van der Waals surface area contributed by atoms with Gasteiger partial charge < -0.3 is 9.47 Å². The van der Waals surface area contributed by atoms with E-state index in [1.165, 1.54) is 19.3 Å². The monoisotopic (exact) mass is 376 g/mol. The van der Waals surface area contributed by atoms with Crippen molar-refractivity contribution in [3.8, 4) is 0 Å². The van der Waals surface area contributed by atoms with Gasteiger partial charge in [0.25, 0.3) is 0 Å². The number of carbonyl (C=O) groups is 2. The number of fused-ring (bicyclic) bond motifs is 1. The summed E-state index contributed by atoms with van der Waals surface area (Å²) in [5.74, 6) is -0.774. The summed E-state index contributed by atoms with van der Waals surface area (Å²) in [5.41, 5.74) is 1.82. The molecule has 27 heavy (non-hydrogen) atoms. The molecule has 0 saturated heterocycles. The zero-order valence-electron chi connectivity index (χ0n) is 17.0. The normalized spacial score (nSPS) is 20.8. The van der Waals surface area contributed by atoms with Crippen LogP contribution >= 0.6 is 0 Å². The minimum absolute atomic E-state index is 0.177. The maximum absolute atomic E-state index is 12.8. The second kappa shape index (κ2) is 8.03. The smallest absolute Gasteiger partial charge is 0.359 e. The van der Waals surface area contributed by atoms with Gasteiger partial charge in [-0.3, -0.25) is 9.48 Å². The summed E-state index contributed by atoms with van der Waals surface area (Å²) in [5, 5.41) is 4.73. The average molecular weight is 376 g/mol. The average Bonchev–Trinajstić information content (AvgIpc) is 3.00. The summed E-state index contributed by atoms with van der Waals surface area (Å²) in [6.45, 7) is 7.77. The molecule has 3 rings (SSSR count). The zero-order chi connectivity index (χ0) is 19.6. The third kappa shape index (κ3) is 4.53. The van der Waals surface area contributed by atoms with Crippen LogP contribution in [0, 0.1) is 5.92 Å². The molecule has 0 amide bonds. The fraction of sp³-hybridized carbons (Fsp3) is 0.762. The molecule has 0 aromatic carbocycles. The number of hydrogen-bond donors (Lipinski definition) is 0. The van der Waals surface area contributed by atoms with Gasteiger partial charge in [0, 0.05) is 11.3 Å². The number of aromatic nitrogens is 2. The highest BCUT2D eigenvalue weighted by atomic mass is 16.6. The predicted molar refractivity (Wildman–Crippen MR) is 102 cm³/mol. The highest BCUT2D eigenvalue weighted by molar-refractivity contribution is 5.90. The molecule has 1 unspecified atom stereocenters. The predicted octanol–water partition coefficient (Wildman–Crippen LogP) is 4.01. The molecule has 0 bridgehead atoms. The van der Waals surface area contributed by atoms with Crippen LogP contribution in [0.15, 0.2) is 0 Å². The molecule has 1 saturated carbocycles. The molecule has 1 heterocycles. The fourth-order valence-corrected chi connectivity index (χ4v) is 4.22. The molecule has 0 aliphatic heterocycles. The van der Waals surface area contributed by atoms with Crippen molar-refractivity contribution in [1.82, 2.24) is 9.78 Å². The third-order valence-corrected chi connectivity index (χ3v) is 5.43. The SMILES string of the molecule is CCOC(=O)C1CCc2c(c(C(=O)OC(C)(C)C)nn2C2CCCCC2)C1. The Labute approximate surface area is 161 Å². The van der Waals surface area contributed by atoms with Gasteiger partial charge in [-0.1, -0.05) is 19.3 Å². The molecule has 0 radical (unpaired) electrons. The van der Waals surface area contributed by atoms with E-state index in [0.29, 0.717) is 24.8 Å². The lowest BCUT2D eigenvalue weighted by atomic mass is 9.85. The van der Waals surface area contributed by atoms with Crippen molar-refractivity contribution < 1.29 is 19.1 Å². The first kappa shape index (κ1) is 19.9. The summed E-state index contributed by atoms with van der Waals surface area (Å²) >= 11 is 0. The van der Waals surface area contributed by atoms with Crippen molar-refractivity contribution in [3.05, 3.63) is 17.0 Å². The van der Waals surface area contributed by atoms with Crippen LogP contribution in [0.5, 0.6) is 0 Å². The topological polar surface area (TPSA) is 70.4 Å². The van der Waals surface area contributed by atoms with Crippen LogP contribution in [0.4, 0.5) is 0 Å². The van der Waals surface area contributed by atoms with E-state index in [-0.39, 0.29) is 11.9 Å². The first-order chi connectivity index (χ1) is 12.8. The quantitative estimate of drug-likeness (QED) is 0.743. The molecule has 6 heteroatoms. The number of rotatable bonds is 4. The Morgan fingerprint density at radius 2 is 1.85 bits per heavy atom. The molecular weight excluding hydrogens is 344 g/mol. The summed E-state index contributed by atoms with van der Waals surface area (Å²) < 4.78 is 12.9. The summed E-state index contributed by atoms with van der Waals surface area (Å²) in [6, 6.07) is 0.350. The van der Waals surface area contributed by atoms with E-state index in [1.54, 1.807) is 0 Å². The lowest BCUT2D eigenvalue weighted by Gasteiger charge is -2.27. The lowest BCUT2D eigenvalue weighted by Crippen LogP contribution is -2.28. The van der Waals surface area contributed by atoms with Crippen LogP contribution in [0.3, 0.4) is 0 Å². The highest BCUT2D eigenvalue weighted by Gasteiger charge is 2.36. The molecule has 150 valence electrons. The van der Waals surface area contributed by atoms with E-state index in [4.69, 9.17) is 14.6 Å². The van der Waals surface area contributed by atoms with Crippen LogP contribution in [-0.2, 0) is 27.1 Å². The van der Waals surface area contributed by atoms with Gasteiger partial charge in [0.2, 0.25) is 0 Å². The van der Waals surface area contributed by atoms with E-state index in [9.17, 15) is 9.59 Å². The Bertz CT molecular complexity index is 696. The molecule has 2 aliphatic rings. The third-order valence-electron chi connectivity index (χ3n) is 5.43. The van der Waals surface area contributed by atoms with Crippen molar-refractivity contribution in [3.63, 3.8) is 0 Å². The van der Waals surface area contributed by atoms with Crippen LogP contribution in [0.1, 0.15) is 94.0 Å². The van der Waals surface area contributed by atoms with Gasteiger partial charge in [0.1, 0.15) is 5.60 Å². The van der Waals surface area contributed by atoms with Gasteiger partial charge in [-0.25, -0.2) is 4.79 Å². The van der Waals surface area contributed by atoms with Crippen LogP contribution in [0.25, 0.3) is 0 Å². The second-order valence-electron chi connectivity index (χ2n) is 8.70. The zero-order valence-corrected chi connectivity index (χ0v) is 17.0. The van der Waals surface area contributed by atoms with Crippen molar-refractivity contribution >= 4 is 11.9 Å². The fourth-order valence-electron chi connectivity index (χ4n) is 4.22. The number of carbonyl (C=O) groups excluding carboxylic acids is 2. The Kier molecular flexibility index (Phi) is 5.92. The van der Waals surface area contributed by atoms with Crippen LogP contribution < -0.4 is 0 Å². The molecular formula is C21H32N2O4. The summed E-state index contributed by atoms with van der Waals surface area (Å²) in [6.07, 6.45) is 7.88. The molecule has 1 aromatic heterocycles. The molecule has 0 N–H and O–H groups in total. The minimum Gasteiger partial charge on any atom is -0.466 e. The highest BCUT2D eigenvalue weighted by Crippen LogP contribution is 2.35. The Hall–Kier alpha value is -1.85. The molecule has 2 aliphatic carbocycles. The first-order valence-corrected chi connectivity index (χ1v) is 10.3. The van der Waals surface area contributed by atoms with Crippen molar-refractivity contribution in [1.29, 1.82) is 0 Å². The first-order valence-electron chi connectivity index (χ1n) is 10.3. The van der Waals surface area contributed by atoms with Crippen molar-refractivity contribution in [2.45, 2.75) is 90.7 Å². The van der Waals surface area contributed by atoms with Gasteiger partial charge in [-0.15, -0.1) is 0 Å². The van der Waals surface area contributed by atoms with E-state index in [2.05, 4.69) is 4.68 Å². The number of esters is 2. The van der Waals surface area contributed by atoms with Gasteiger partial charge in [0.15, 0.2) is 5.69 Å². The van der Waals surface area contributed by atoms with Gasteiger partial charge in [-0.2, -0.15) is 5.10 Å². The number of ether oxygens (including phenoxy) is 2. The minimum atomic E-state index is -0.576. The number of hydrogen-bond acceptors (Lipinski definition) is 5. The van der Waals surface area contributed by atoms with Crippen molar-refractivity contribution in [2.75, 3.05) is 6.61 Å². The van der Waals surface area contributed by atoms with Gasteiger partial charge in [0.05, 0.1) is 18.6 Å². The second-order valence-corrected chi connectivity index (χ2v) is 8.70. The van der Waals surface area contributed by atoms with E-state index < -0.39 is 11.6 Å². The summed E-state index contributed by atoms with van der Waals surface area (Å²) in [4.78, 5) is 25.1. The van der Waals surface area contributed by atoms with E-state index >= 15 is 0 Å². The Balaban J connectivity index is 1.93. The molecule has 1 aromatic rings. The van der Waals surface area contributed by atoms with E-state index in [0.717, 1.165) is 36.9 Å².